The molecule has 122 valence electrons. The van der Waals surface area contributed by atoms with E-state index in [1.807, 2.05) is 0 Å². The number of anilines is 2. The molecule has 2 rings (SSSR count). The first-order valence-corrected chi connectivity index (χ1v) is 6.81. The third-order valence-electron chi connectivity index (χ3n) is 3.29. The highest BCUT2D eigenvalue weighted by molar-refractivity contribution is 6.05. The molecule has 2 N–H and O–H groups in total. The molecule has 0 aliphatic carbocycles. The molecule has 2 amide bonds. The second-order valence-corrected chi connectivity index (χ2v) is 5.08. The Morgan fingerprint density at radius 3 is 2.00 bits per heavy atom. The van der Waals surface area contributed by atoms with Gasteiger partial charge in [0.05, 0.1) is 24.2 Å². The normalized spacial score (nSPS) is 10.3. The lowest BCUT2D eigenvalue weighted by atomic mass is 10.3. The summed E-state index contributed by atoms with van der Waals surface area (Å²) < 4.78 is 7.73. The molecule has 0 aliphatic heterocycles. The molecular weight excluding hydrogens is 300 g/mol. The highest BCUT2D eigenvalue weighted by Crippen LogP contribution is 2.17. The number of rotatable bonds is 4. The van der Waals surface area contributed by atoms with Crippen molar-refractivity contribution < 1.29 is 19.1 Å². The van der Waals surface area contributed by atoms with Gasteiger partial charge in [-0.15, -0.1) is 0 Å². The molecule has 0 fully saturated rings. The topological polar surface area (TPSA) is 94.4 Å². The molecule has 0 saturated carbocycles. The molecule has 0 aromatic carbocycles. The number of aryl methyl sites for hydroxylation is 2. The van der Waals surface area contributed by atoms with E-state index in [-0.39, 0.29) is 11.7 Å². The summed E-state index contributed by atoms with van der Waals surface area (Å²) in [6.07, 6.45) is 2.64. The summed E-state index contributed by atoms with van der Waals surface area (Å²) in [5, 5.41) is 5.21. The van der Waals surface area contributed by atoms with E-state index in [1.165, 1.54) is 20.1 Å². The molecule has 0 saturated heterocycles. The van der Waals surface area contributed by atoms with Crippen molar-refractivity contribution in [2.45, 2.75) is 6.92 Å². The summed E-state index contributed by atoms with van der Waals surface area (Å²) in [5.74, 6) is -0.442. The molecule has 8 nitrogen and oxygen atoms in total. The molecule has 0 bridgehead atoms. The van der Waals surface area contributed by atoms with Crippen molar-refractivity contribution in [1.82, 2.24) is 9.13 Å². The van der Waals surface area contributed by atoms with Gasteiger partial charge >= 0.3 is 6.09 Å². The van der Waals surface area contributed by atoms with Crippen LogP contribution in [0.3, 0.4) is 0 Å². The van der Waals surface area contributed by atoms with Crippen LogP contribution in [0.25, 0.3) is 0 Å². The first-order chi connectivity index (χ1) is 10.8. The largest absolute Gasteiger partial charge is 0.453 e. The van der Waals surface area contributed by atoms with Gasteiger partial charge in [0.25, 0.3) is 5.91 Å². The number of carbonyl (C=O) groups is 3. The van der Waals surface area contributed by atoms with E-state index in [0.29, 0.717) is 22.8 Å². The average Bonchev–Trinajstić information content (AvgIpc) is 3.01. The molecule has 8 heteroatoms. The predicted octanol–water partition coefficient (Wildman–Crippen LogP) is 2.00. The van der Waals surface area contributed by atoms with Gasteiger partial charge in [-0.1, -0.05) is 0 Å². The molecule has 2 heterocycles. The maximum atomic E-state index is 12.3. The number of hydrogen-bond donors (Lipinski definition) is 2. The van der Waals surface area contributed by atoms with E-state index < -0.39 is 6.09 Å². The van der Waals surface area contributed by atoms with Crippen LogP contribution in [0.15, 0.2) is 24.5 Å². The Labute approximate surface area is 133 Å². The van der Waals surface area contributed by atoms with Crippen molar-refractivity contribution in [3.05, 3.63) is 35.9 Å². The Balaban J connectivity index is 2.16. The van der Waals surface area contributed by atoms with Crippen LogP contribution < -0.4 is 10.6 Å². The molecule has 0 aliphatic rings. The van der Waals surface area contributed by atoms with Gasteiger partial charge in [0.15, 0.2) is 5.78 Å². The number of nitrogens with one attached hydrogen (secondary N) is 2. The van der Waals surface area contributed by atoms with Crippen LogP contribution in [0.1, 0.15) is 27.9 Å². The monoisotopic (exact) mass is 318 g/mol. The number of nitrogens with zero attached hydrogens (tertiary/aromatic N) is 2. The van der Waals surface area contributed by atoms with E-state index >= 15 is 0 Å². The smallest absolute Gasteiger partial charge is 0.411 e. The van der Waals surface area contributed by atoms with Crippen LogP contribution in [0, 0.1) is 0 Å². The summed E-state index contributed by atoms with van der Waals surface area (Å²) >= 11 is 0. The van der Waals surface area contributed by atoms with Gasteiger partial charge < -0.3 is 19.2 Å². The highest BCUT2D eigenvalue weighted by atomic mass is 16.5. The molecular formula is C15H18N4O4. The summed E-state index contributed by atoms with van der Waals surface area (Å²) in [6, 6.07) is 3.14. The second kappa shape index (κ2) is 6.39. The van der Waals surface area contributed by atoms with Crippen LogP contribution in [-0.2, 0) is 18.8 Å². The van der Waals surface area contributed by atoms with Gasteiger partial charge in [-0.2, -0.15) is 0 Å². The lowest BCUT2D eigenvalue weighted by Crippen LogP contribution is -2.14. The Hall–Kier alpha value is -3.03. The van der Waals surface area contributed by atoms with Crippen molar-refractivity contribution in [2.24, 2.45) is 14.1 Å². The Bertz CT molecular complexity index is 773. The van der Waals surface area contributed by atoms with Gasteiger partial charge in [-0.3, -0.25) is 14.9 Å². The maximum absolute atomic E-state index is 12.3. The van der Waals surface area contributed by atoms with Crippen molar-refractivity contribution in [1.29, 1.82) is 0 Å². The highest BCUT2D eigenvalue weighted by Gasteiger charge is 2.15. The van der Waals surface area contributed by atoms with Crippen molar-refractivity contribution in [3.63, 3.8) is 0 Å². The maximum Gasteiger partial charge on any atom is 0.411 e. The van der Waals surface area contributed by atoms with Gasteiger partial charge in [-0.05, 0) is 12.1 Å². The minimum absolute atomic E-state index is 0.0866. The fourth-order valence-electron chi connectivity index (χ4n) is 2.21. The third-order valence-corrected chi connectivity index (χ3v) is 3.29. The number of methoxy groups -OCH3 is 1. The van der Waals surface area contributed by atoms with Gasteiger partial charge in [0.2, 0.25) is 0 Å². The lowest BCUT2D eigenvalue weighted by Gasteiger charge is -2.03. The molecule has 0 atom stereocenters. The fraction of sp³-hybridized carbons (Fsp3) is 0.267. The zero-order valence-corrected chi connectivity index (χ0v) is 13.3. The van der Waals surface area contributed by atoms with Gasteiger partial charge in [0, 0.05) is 33.4 Å². The van der Waals surface area contributed by atoms with Crippen molar-refractivity contribution in [2.75, 3.05) is 17.7 Å². The van der Waals surface area contributed by atoms with Gasteiger partial charge in [0.1, 0.15) is 5.69 Å². The summed E-state index contributed by atoms with van der Waals surface area (Å²) in [5.41, 5.74) is 1.82. The van der Waals surface area contributed by atoms with Crippen LogP contribution in [0.4, 0.5) is 16.2 Å². The first kappa shape index (κ1) is 16.3. The van der Waals surface area contributed by atoms with Crippen LogP contribution in [0.5, 0.6) is 0 Å². The van der Waals surface area contributed by atoms with Crippen LogP contribution in [-0.4, -0.2) is 34.0 Å². The van der Waals surface area contributed by atoms with E-state index in [0.717, 1.165) is 0 Å². The Kier molecular flexibility index (Phi) is 4.54. The van der Waals surface area contributed by atoms with E-state index in [1.54, 1.807) is 41.7 Å². The van der Waals surface area contributed by atoms with Crippen molar-refractivity contribution >= 4 is 29.2 Å². The fourth-order valence-corrected chi connectivity index (χ4v) is 2.21. The molecule has 0 radical (unpaired) electrons. The second-order valence-electron chi connectivity index (χ2n) is 5.08. The third kappa shape index (κ3) is 3.60. The van der Waals surface area contributed by atoms with Crippen LogP contribution >= 0.6 is 0 Å². The average molecular weight is 318 g/mol. The SMILES string of the molecule is COC(=O)Nc1cc(C(=O)Nc2cc(C(C)=O)n(C)c2)n(C)c1. The van der Waals surface area contributed by atoms with Crippen molar-refractivity contribution in [3.8, 4) is 0 Å². The summed E-state index contributed by atoms with van der Waals surface area (Å²) in [4.78, 5) is 34.9. The zero-order valence-electron chi connectivity index (χ0n) is 13.3. The first-order valence-electron chi connectivity index (χ1n) is 6.81. The standard InChI is InChI=1S/C15H18N4O4/c1-9(20)12-5-10(7-18(12)2)16-14(21)13-6-11(8-19(13)3)17-15(22)23-4/h5-8H,1-4H3,(H,16,21)(H,17,22). The number of Topliss-reactive ketones (excluding diaryl/α,β-unsaturated/α-hetero) is 1. The molecule has 2 aromatic heterocycles. The number of ether oxygens (including phenoxy) is 1. The molecule has 23 heavy (non-hydrogen) atoms. The Morgan fingerprint density at radius 1 is 0.957 bits per heavy atom. The number of ketones is 1. The van der Waals surface area contributed by atoms with Crippen LogP contribution in [0.2, 0.25) is 0 Å². The number of carbonyl (C=O) groups excluding carboxylic acids is 3. The van der Waals surface area contributed by atoms with E-state index in [4.69, 9.17) is 0 Å². The number of hydrogen-bond acceptors (Lipinski definition) is 4. The zero-order chi connectivity index (χ0) is 17.1. The molecule has 0 unspecified atom stereocenters. The molecule has 0 spiro atoms. The predicted molar refractivity (Wildman–Crippen MR) is 84.8 cm³/mol. The quantitative estimate of drug-likeness (QED) is 0.843. The van der Waals surface area contributed by atoms with E-state index in [9.17, 15) is 14.4 Å². The number of amides is 2. The summed E-state index contributed by atoms with van der Waals surface area (Å²) in [7, 11) is 4.67. The summed E-state index contributed by atoms with van der Waals surface area (Å²) in [6.45, 7) is 1.46. The van der Waals surface area contributed by atoms with E-state index in [2.05, 4.69) is 15.4 Å². The Morgan fingerprint density at radius 2 is 1.48 bits per heavy atom. The number of aromatic nitrogens is 2. The molecule has 2 aromatic rings. The lowest BCUT2D eigenvalue weighted by molar-refractivity contribution is 0.1000. The minimum Gasteiger partial charge on any atom is -0.453 e. The minimum atomic E-state index is -0.614. The van der Waals surface area contributed by atoms with Gasteiger partial charge in [-0.25, -0.2) is 4.79 Å².